The topological polar surface area (TPSA) is 83.5 Å². The summed E-state index contributed by atoms with van der Waals surface area (Å²) in [7, 11) is 0. The van der Waals surface area contributed by atoms with Crippen molar-refractivity contribution in [3.63, 3.8) is 0 Å². The Labute approximate surface area is 115 Å². The van der Waals surface area contributed by atoms with E-state index in [9.17, 15) is 9.90 Å². The summed E-state index contributed by atoms with van der Waals surface area (Å²) in [6.07, 6.45) is 2.07. The Kier molecular flexibility index (Phi) is 6.32. The minimum atomic E-state index is -0.963. The summed E-state index contributed by atoms with van der Waals surface area (Å²) >= 11 is 7.33. The van der Waals surface area contributed by atoms with E-state index in [0.29, 0.717) is 11.4 Å². The van der Waals surface area contributed by atoms with Crippen LogP contribution in [0.1, 0.15) is 19.3 Å². The Bertz CT molecular complexity index is 414. The van der Waals surface area contributed by atoms with Crippen molar-refractivity contribution in [2.45, 2.75) is 30.2 Å². The number of halogens is 1. The maximum atomic E-state index is 10.5. The number of aromatic hydroxyl groups is 1. The van der Waals surface area contributed by atoms with E-state index in [4.69, 9.17) is 22.4 Å². The second-order valence-electron chi connectivity index (χ2n) is 3.90. The normalized spacial score (nSPS) is 12.3. The molecule has 0 aliphatic heterocycles. The Hall–Kier alpha value is -0.910. The lowest BCUT2D eigenvalue weighted by molar-refractivity contribution is -0.138. The Balaban J connectivity index is 2.26. The van der Waals surface area contributed by atoms with Crippen molar-refractivity contribution in [2.75, 3.05) is 5.75 Å². The molecule has 0 unspecified atom stereocenters. The van der Waals surface area contributed by atoms with E-state index in [-0.39, 0.29) is 5.75 Å². The fourth-order valence-electron chi connectivity index (χ4n) is 1.38. The molecule has 100 valence electrons. The van der Waals surface area contributed by atoms with E-state index in [0.717, 1.165) is 23.5 Å². The van der Waals surface area contributed by atoms with Crippen molar-refractivity contribution in [1.29, 1.82) is 0 Å². The van der Waals surface area contributed by atoms with Gasteiger partial charge in [0.2, 0.25) is 0 Å². The molecule has 1 aromatic rings. The van der Waals surface area contributed by atoms with Gasteiger partial charge >= 0.3 is 5.97 Å². The average Bonchev–Trinajstić information content (AvgIpc) is 2.32. The lowest BCUT2D eigenvalue weighted by Crippen LogP contribution is -2.29. The second-order valence-corrected chi connectivity index (χ2v) is 5.47. The minimum Gasteiger partial charge on any atom is -0.507 e. The molecule has 6 heteroatoms. The fraction of sp³-hybridized carbons (Fsp3) is 0.417. The van der Waals surface area contributed by atoms with Crippen LogP contribution < -0.4 is 5.73 Å². The number of rotatable bonds is 7. The lowest BCUT2D eigenvalue weighted by Gasteiger charge is -2.07. The van der Waals surface area contributed by atoms with Crippen molar-refractivity contribution in [3.05, 3.63) is 23.2 Å². The van der Waals surface area contributed by atoms with Crippen LogP contribution in [0.5, 0.6) is 5.75 Å². The molecule has 0 fully saturated rings. The molecule has 1 aromatic carbocycles. The van der Waals surface area contributed by atoms with Crippen LogP contribution in [0.25, 0.3) is 0 Å². The van der Waals surface area contributed by atoms with Gasteiger partial charge in [0.25, 0.3) is 0 Å². The molecule has 4 nitrogen and oxygen atoms in total. The molecule has 0 saturated heterocycles. The van der Waals surface area contributed by atoms with Gasteiger partial charge in [-0.25, -0.2) is 0 Å². The van der Waals surface area contributed by atoms with Crippen LogP contribution in [0.4, 0.5) is 0 Å². The number of thioether (sulfide) groups is 1. The van der Waals surface area contributed by atoms with Gasteiger partial charge in [-0.3, -0.25) is 4.79 Å². The molecular weight excluding hydrogens is 274 g/mol. The number of unbranched alkanes of at least 4 members (excludes halogenated alkanes) is 1. The van der Waals surface area contributed by atoms with Crippen LogP contribution >= 0.6 is 23.4 Å². The first-order valence-electron chi connectivity index (χ1n) is 5.60. The number of phenols is 1. The standard InChI is InChI=1S/C12H16ClNO3S/c13-8-4-5-10(15)11(7-8)18-6-2-1-3-9(14)12(16)17/h4-5,7,9,15H,1-3,6,14H2,(H,16,17)/t9-/m1/s1. The number of hydrogen-bond acceptors (Lipinski definition) is 4. The van der Waals surface area contributed by atoms with Gasteiger partial charge in [0.05, 0.1) is 4.90 Å². The zero-order valence-electron chi connectivity index (χ0n) is 9.80. The predicted molar refractivity (Wildman–Crippen MR) is 73.3 cm³/mol. The smallest absolute Gasteiger partial charge is 0.320 e. The number of nitrogens with two attached hydrogens (primary N) is 1. The summed E-state index contributed by atoms with van der Waals surface area (Å²) in [5.41, 5.74) is 5.39. The van der Waals surface area contributed by atoms with Gasteiger partial charge in [0.15, 0.2) is 0 Å². The number of aliphatic carboxylic acids is 1. The summed E-state index contributed by atoms with van der Waals surface area (Å²) in [5, 5.41) is 18.8. The molecule has 4 N–H and O–H groups in total. The molecule has 0 spiro atoms. The van der Waals surface area contributed by atoms with Crippen LogP contribution in [0.15, 0.2) is 23.1 Å². The Morgan fingerprint density at radius 2 is 2.17 bits per heavy atom. The van der Waals surface area contributed by atoms with Crippen molar-refractivity contribution in [3.8, 4) is 5.75 Å². The van der Waals surface area contributed by atoms with Gasteiger partial charge in [-0.15, -0.1) is 11.8 Å². The number of carboxylic acid groups (broad SMARTS) is 1. The number of carboxylic acids is 1. The predicted octanol–water partition coefficient (Wildman–Crippen LogP) is 2.72. The quantitative estimate of drug-likeness (QED) is 0.531. The zero-order valence-corrected chi connectivity index (χ0v) is 11.4. The molecule has 0 amide bonds. The lowest BCUT2D eigenvalue weighted by atomic mass is 10.1. The van der Waals surface area contributed by atoms with Gasteiger partial charge in [-0.05, 0) is 36.8 Å². The molecule has 1 rings (SSSR count). The van der Waals surface area contributed by atoms with Crippen molar-refractivity contribution >= 4 is 29.3 Å². The van der Waals surface area contributed by atoms with Crippen LogP contribution in [0.2, 0.25) is 5.02 Å². The summed E-state index contributed by atoms with van der Waals surface area (Å²) < 4.78 is 0. The fourth-order valence-corrected chi connectivity index (χ4v) is 2.61. The highest BCUT2D eigenvalue weighted by molar-refractivity contribution is 7.99. The van der Waals surface area contributed by atoms with E-state index in [1.807, 2.05) is 0 Å². The number of hydrogen-bond donors (Lipinski definition) is 3. The molecule has 0 aliphatic carbocycles. The van der Waals surface area contributed by atoms with Gasteiger partial charge in [-0.1, -0.05) is 18.0 Å². The molecule has 18 heavy (non-hydrogen) atoms. The first-order valence-corrected chi connectivity index (χ1v) is 6.96. The molecule has 1 atom stereocenters. The molecule has 0 radical (unpaired) electrons. The van der Waals surface area contributed by atoms with Crippen LogP contribution in [-0.2, 0) is 4.79 Å². The van der Waals surface area contributed by atoms with E-state index in [2.05, 4.69) is 0 Å². The van der Waals surface area contributed by atoms with E-state index >= 15 is 0 Å². The molecule has 0 bridgehead atoms. The summed E-state index contributed by atoms with van der Waals surface area (Å²) in [6.45, 7) is 0. The Morgan fingerprint density at radius 3 is 2.83 bits per heavy atom. The van der Waals surface area contributed by atoms with Crippen LogP contribution in [0.3, 0.4) is 0 Å². The maximum Gasteiger partial charge on any atom is 0.320 e. The highest BCUT2D eigenvalue weighted by Gasteiger charge is 2.10. The van der Waals surface area contributed by atoms with Crippen molar-refractivity contribution in [1.82, 2.24) is 0 Å². The average molecular weight is 290 g/mol. The minimum absolute atomic E-state index is 0.214. The first-order chi connectivity index (χ1) is 8.50. The first kappa shape index (κ1) is 15.1. The highest BCUT2D eigenvalue weighted by Crippen LogP contribution is 2.31. The third kappa shape index (κ3) is 5.16. The number of benzene rings is 1. The third-order valence-corrected chi connectivity index (χ3v) is 3.77. The maximum absolute atomic E-state index is 10.5. The van der Waals surface area contributed by atoms with Crippen LogP contribution in [-0.4, -0.2) is 28.0 Å². The summed E-state index contributed by atoms with van der Waals surface area (Å²) in [4.78, 5) is 11.2. The van der Waals surface area contributed by atoms with E-state index < -0.39 is 12.0 Å². The van der Waals surface area contributed by atoms with Crippen LogP contribution in [0, 0.1) is 0 Å². The summed E-state index contributed by atoms with van der Waals surface area (Å²) in [5.74, 6) is 0.0436. The molecule has 0 aromatic heterocycles. The largest absolute Gasteiger partial charge is 0.507 e. The van der Waals surface area contributed by atoms with Gasteiger partial charge in [0, 0.05) is 5.02 Å². The monoisotopic (exact) mass is 289 g/mol. The highest BCUT2D eigenvalue weighted by atomic mass is 35.5. The number of carbonyl (C=O) groups is 1. The van der Waals surface area contributed by atoms with Crippen molar-refractivity contribution in [2.24, 2.45) is 5.73 Å². The van der Waals surface area contributed by atoms with Gasteiger partial charge < -0.3 is 15.9 Å². The molecule has 0 aliphatic rings. The van der Waals surface area contributed by atoms with E-state index in [1.54, 1.807) is 18.2 Å². The van der Waals surface area contributed by atoms with Gasteiger partial charge in [-0.2, -0.15) is 0 Å². The van der Waals surface area contributed by atoms with Gasteiger partial charge in [0.1, 0.15) is 11.8 Å². The van der Waals surface area contributed by atoms with Crippen molar-refractivity contribution < 1.29 is 15.0 Å². The third-order valence-electron chi connectivity index (χ3n) is 2.41. The summed E-state index contributed by atoms with van der Waals surface area (Å²) in [6, 6.07) is 4.12. The second kappa shape index (κ2) is 7.51. The number of phenolic OH excluding ortho intramolecular Hbond substituents is 1. The molecular formula is C12H16ClNO3S. The molecule has 0 saturated carbocycles. The Morgan fingerprint density at radius 1 is 1.44 bits per heavy atom. The SMILES string of the molecule is N[C@H](CCCCSc1cc(Cl)ccc1O)C(=O)O. The molecule has 0 heterocycles. The van der Waals surface area contributed by atoms with E-state index in [1.165, 1.54) is 11.8 Å². The zero-order chi connectivity index (χ0) is 13.5.